The Balaban J connectivity index is 2.37. The van der Waals surface area contributed by atoms with Crippen molar-refractivity contribution in [3.8, 4) is 0 Å². The van der Waals surface area contributed by atoms with Gasteiger partial charge < -0.3 is 4.90 Å². The molecule has 0 radical (unpaired) electrons. The molecule has 0 saturated carbocycles. The number of amides is 1. The van der Waals surface area contributed by atoms with E-state index in [-0.39, 0.29) is 0 Å². The standard InChI is InChI=1S/C12H12F2N2O3S/c13-8-2-3-9(16(18)19)11(14)10(8)12(17)15-4-1-6-20-7-5-15/h2-3H,1,4-7H2. The van der Waals surface area contributed by atoms with Crippen molar-refractivity contribution < 1.29 is 18.5 Å². The van der Waals surface area contributed by atoms with Crippen molar-refractivity contribution >= 4 is 23.4 Å². The van der Waals surface area contributed by atoms with Gasteiger partial charge in [0.1, 0.15) is 11.4 Å². The zero-order valence-electron chi connectivity index (χ0n) is 10.5. The van der Waals surface area contributed by atoms with Crippen molar-refractivity contribution in [3.63, 3.8) is 0 Å². The van der Waals surface area contributed by atoms with E-state index in [9.17, 15) is 23.7 Å². The first-order valence-corrected chi connectivity index (χ1v) is 7.17. The molecule has 1 aromatic carbocycles. The Morgan fingerprint density at radius 2 is 2.05 bits per heavy atom. The third kappa shape index (κ3) is 2.90. The minimum atomic E-state index is -1.41. The summed E-state index contributed by atoms with van der Waals surface area (Å²) in [6.45, 7) is 0.776. The number of nitro groups is 1. The van der Waals surface area contributed by atoms with E-state index in [2.05, 4.69) is 0 Å². The number of thioether (sulfide) groups is 1. The van der Waals surface area contributed by atoms with Crippen molar-refractivity contribution in [2.45, 2.75) is 6.42 Å². The second kappa shape index (κ2) is 6.17. The third-order valence-corrected chi connectivity index (χ3v) is 4.04. The Kier molecular flexibility index (Phi) is 4.53. The Morgan fingerprint density at radius 1 is 1.30 bits per heavy atom. The van der Waals surface area contributed by atoms with E-state index < -0.39 is 33.7 Å². The maximum atomic E-state index is 14.0. The summed E-state index contributed by atoms with van der Waals surface area (Å²) in [4.78, 5) is 23.2. The van der Waals surface area contributed by atoms with Crippen molar-refractivity contribution in [2.75, 3.05) is 24.6 Å². The summed E-state index contributed by atoms with van der Waals surface area (Å²) >= 11 is 1.66. The monoisotopic (exact) mass is 302 g/mol. The van der Waals surface area contributed by atoms with Crippen LogP contribution in [0.25, 0.3) is 0 Å². The highest BCUT2D eigenvalue weighted by atomic mass is 32.2. The molecule has 1 saturated heterocycles. The van der Waals surface area contributed by atoms with E-state index in [0.29, 0.717) is 18.8 Å². The Morgan fingerprint density at radius 3 is 2.75 bits per heavy atom. The van der Waals surface area contributed by atoms with Crippen LogP contribution in [0, 0.1) is 21.7 Å². The smallest absolute Gasteiger partial charge is 0.305 e. The van der Waals surface area contributed by atoms with Crippen LogP contribution in [0.4, 0.5) is 14.5 Å². The Hall–Kier alpha value is -1.70. The fraction of sp³-hybridized carbons (Fsp3) is 0.417. The van der Waals surface area contributed by atoms with Gasteiger partial charge in [0.05, 0.1) is 4.92 Å². The van der Waals surface area contributed by atoms with Gasteiger partial charge in [-0.1, -0.05) is 0 Å². The van der Waals surface area contributed by atoms with E-state index in [4.69, 9.17) is 0 Å². The first-order valence-electron chi connectivity index (χ1n) is 6.01. The number of hydrogen-bond acceptors (Lipinski definition) is 4. The van der Waals surface area contributed by atoms with Crippen LogP contribution in [-0.2, 0) is 0 Å². The zero-order chi connectivity index (χ0) is 14.7. The predicted molar refractivity (Wildman–Crippen MR) is 70.9 cm³/mol. The topological polar surface area (TPSA) is 63.4 Å². The van der Waals surface area contributed by atoms with E-state index in [0.717, 1.165) is 24.3 Å². The lowest BCUT2D eigenvalue weighted by Crippen LogP contribution is -2.34. The summed E-state index contributed by atoms with van der Waals surface area (Å²) in [5, 5.41) is 10.7. The number of nitro benzene ring substituents is 1. The molecule has 0 bridgehead atoms. The molecule has 0 N–H and O–H groups in total. The van der Waals surface area contributed by atoms with Crippen molar-refractivity contribution in [3.05, 3.63) is 39.4 Å². The van der Waals surface area contributed by atoms with Crippen molar-refractivity contribution in [1.29, 1.82) is 0 Å². The number of carbonyl (C=O) groups is 1. The van der Waals surface area contributed by atoms with Gasteiger partial charge in [0, 0.05) is 24.9 Å². The quantitative estimate of drug-likeness (QED) is 0.622. The lowest BCUT2D eigenvalue weighted by atomic mass is 10.1. The molecule has 2 rings (SSSR count). The molecule has 1 aliphatic rings. The van der Waals surface area contributed by atoms with Crippen LogP contribution in [-0.4, -0.2) is 40.3 Å². The Labute approximate surface area is 118 Å². The number of carbonyl (C=O) groups excluding carboxylic acids is 1. The summed E-state index contributed by atoms with van der Waals surface area (Å²) in [7, 11) is 0. The molecular formula is C12H12F2N2O3S. The molecule has 20 heavy (non-hydrogen) atoms. The molecule has 0 spiro atoms. The fourth-order valence-electron chi connectivity index (χ4n) is 1.99. The molecule has 8 heteroatoms. The fourth-order valence-corrected chi connectivity index (χ4v) is 2.87. The number of rotatable bonds is 2. The van der Waals surface area contributed by atoms with Gasteiger partial charge in [0.15, 0.2) is 0 Å². The molecule has 5 nitrogen and oxygen atoms in total. The van der Waals surface area contributed by atoms with Crippen LogP contribution >= 0.6 is 11.8 Å². The first kappa shape index (κ1) is 14.7. The van der Waals surface area contributed by atoms with Crippen molar-refractivity contribution in [2.24, 2.45) is 0 Å². The predicted octanol–water partition coefficient (Wildman–Crippen LogP) is 2.45. The molecule has 0 aromatic heterocycles. The van der Waals surface area contributed by atoms with E-state index in [1.807, 2.05) is 0 Å². The molecule has 1 heterocycles. The number of nitrogens with zero attached hydrogens (tertiary/aromatic N) is 2. The number of hydrogen-bond donors (Lipinski definition) is 0. The van der Waals surface area contributed by atoms with Gasteiger partial charge in [-0.3, -0.25) is 14.9 Å². The van der Waals surface area contributed by atoms with Gasteiger partial charge in [-0.05, 0) is 18.2 Å². The van der Waals surface area contributed by atoms with E-state index >= 15 is 0 Å². The molecular weight excluding hydrogens is 290 g/mol. The van der Waals surface area contributed by atoms with Crippen LogP contribution in [0.5, 0.6) is 0 Å². The van der Waals surface area contributed by atoms with E-state index in [1.54, 1.807) is 11.8 Å². The van der Waals surface area contributed by atoms with Gasteiger partial charge in [-0.15, -0.1) is 0 Å². The highest BCUT2D eigenvalue weighted by molar-refractivity contribution is 7.99. The van der Waals surface area contributed by atoms with Gasteiger partial charge in [0.2, 0.25) is 5.82 Å². The molecule has 0 atom stereocenters. The van der Waals surface area contributed by atoms with Crippen molar-refractivity contribution in [1.82, 2.24) is 4.90 Å². The van der Waals surface area contributed by atoms with Gasteiger partial charge in [-0.25, -0.2) is 4.39 Å². The van der Waals surface area contributed by atoms with E-state index in [1.165, 1.54) is 4.90 Å². The first-order chi connectivity index (χ1) is 9.52. The summed E-state index contributed by atoms with van der Waals surface area (Å²) < 4.78 is 27.6. The van der Waals surface area contributed by atoms with Crippen LogP contribution in [0.2, 0.25) is 0 Å². The molecule has 1 aromatic rings. The maximum absolute atomic E-state index is 14.0. The summed E-state index contributed by atoms with van der Waals surface area (Å²) in [5.74, 6) is -1.74. The summed E-state index contributed by atoms with van der Waals surface area (Å²) in [5.41, 5.74) is -1.73. The molecule has 108 valence electrons. The SMILES string of the molecule is O=C(c1c(F)ccc([N+](=O)[O-])c1F)N1CCCSCC1. The molecule has 0 unspecified atom stereocenters. The molecule has 1 amide bonds. The van der Waals surface area contributed by atoms with Crippen LogP contribution in [0.1, 0.15) is 16.8 Å². The lowest BCUT2D eigenvalue weighted by Gasteiger charge is -2.20. The molecule has 1 aliphatic heterocycles. The lowest BCUT2D eigenvalue weighted by molar-refractivity contribution is -0.387. The second-order valence-electron chi connectivity index (χ2n) is 4.27. The van der Waals surface area contributed by atoms with Crippen LogP contribution in [0.3, 0.4) is 0 Å². The summed E-state index contributed by atoms with van der Waals surface area (Å²) in [6, 6.07) is 1.47. The maximum Gasteiger partial charge on any atom is 0.305 e. The van der Waals surface area contributed by atoms with Gasteiger partial charge >= 0.3 is 5.69 Å². The molecule has 1 fully saturated rings. The molecule has 0 aliphatic carbocycles. The average Bonchev–Trinajstić information content (AvgIpc) is 2.66. The highest BCUT2D eigenvalue weighted by Crippen LogP contribution is 2.25. The summed E-state index contributed by atoms with van der Waals surface area (Å²) in [6.07, 6.45) is 0.731. The van der Waals surface area contributed by atoms with Crippen LogP contribution in [0.15, 0.2) is 12.1 Å². The number of benzene rings is 1. The van der Waals surface area contributed by atoms with Gasteiger partial charge in [-0.2, -0.15) is 16.2 Å². The zero-order valence-corrected chi connectivity index (χ0v) is 11.3. The largest absolute Gasteiger partial charge is 0.338 e. The van der Waals surface area contributed by atoms with Gasteiger partial charge in [0.25, 0.3) is 5.91 Å². The highest BCUT2D eigenvalue weighted by Gasteiger charge is 2.29. The number of halogens is 2. The Bertz CT molecular complexity index is 546. The normalized spacial score (nSPS) is 15.8. The average molecular weight is 302 g/mol. The minimum absolute atomic E-state index is 0.380. The second-order valence-corrected chi connectivity index (χ2v) is 5.50. The third-order valence-electron chi connectivity index (χ3n) is 2.99. The van der Waals surface area contributed by atoms with Crippen LogP contribution < -0.4 is 0 Å². The minimum Gasteiger partial charge on any atom is -0.338 e.